The predicted molar refractivity (Wildman–Crippen MR) is 118 cm³/mol. The fourth-order valence-corrected chi connectivity index (χ4v) is 4.71. The number of hydrogen-bond acceptors (Lipinski definition) is 3. The number of nitrogens with zero attached hydrogens (tertiary/aromatic N) is 2. The summed E-state index contributed by atoms with van der Waals surface area (Å²) in [4.78, 5) is 28.3. The molecular weight excluding hydrogens is 378 g/mol. The van der Waals surface area contributed by atoms with Gasteiger partial charge in [-0.05, 0) is 49.1 Å². The van der Waals surface area contributed by atoms with Gasteiger partial charge >= 0.3 is 6.03 Å². The number of benzene rings is 1. The van der Waals surface area contributed by atoms with E-state index < -0.39 is 0 Å². The van der Waals surface area contributed by atoms with Crippen LogP contribution in [-0.4, -0.2) is 61.1 Å². The molecule has 6 heteroatoms. The van der Waals surface area contributed by atoms with Crippen LogP contribution in [0.15, 0.2) is 30.3 Å². The van der Waals surface area contributed by atoms with Gasteiger partial charge in [-0.15, -0.1) is 0 Å². The molecule has 2 heterocycles. The molecule has 2 aliphatic rings. The first kappa shape index (κ1) is 22.4. The highest BCUT2D eigenvalue weighted by Gasteiger charge is 2.41. The van der Waals surface area contributed by atoms with Crippen LogP contribution in [0.5, 0.6) is 5.75 Å². The van der Waals surface area contributed by atoms with E-state index in [9.17, 15) is 9.59 Å². The van der Waals surface area contributed by atoms with Crippen LogP contribution < -0.4 is 10.1 Å². The maximum absolute atomic E-state index is 12.7. The Morgan fingerprint density at radius 3 is 2.43 bits per heavy atom. The lowest BCUT2D eigenvalue weighted by atomic mass is 9.79. The summed E-state index contributed by atoms with van der Waals surface area (Å²) in [7, 11) is 0. The lowest BCUT2D eigenvalue weighted by molar-refractivity contribution is -0.130. The summed E-state index contributed by atoms with van der Waals surface area (Å²) in [5.74, 6) is 2.87. The van der Waals surface area contributed by atoms with Crippen LogP contribution in [-0.2, 0) is 4.79 Å². The van der Waals surface area contributed by atoms with Gasteiger partial charge in [0.2, 0.25) is 5.91 Å². The number of piperidine rings is 1. The molecule has 30 heavy (non-hydrogen) atoms. The topological polar surface area (TPSA) is 61.9 Å². The Labute approximate surface area is 180 Å². The number of ether oxygens (including phenoxy) is 1. The Morgan fingerprint density at radius 2 is 1.80 bits per heavy atom. The number of carbonyl (C=O) groups excluding carboxylic acids is 2. The number of nitrogens with one attached hydrogen (secondary N) is 1. The molecule has 0 spiro atoms. The maximum Gasteiger partial charge on any atom is 0.317 e. The van der Waals surface area contributed by atoms with Crippen molar-refractivity contribution in [2.24, 2.45) is 23.7 Å². The minimum Gasteiger partial charge on any atom is -0.493 e. The molecule has 1 aromatic rings. The molecule has 0 aromatic heterocycles. The van der Waals surface area contributed by atoms with E-state index in [4.69, 9.17) is 4.74 Å². The first-order valence-electron chi connectivity index (χ1n) is 11.4. The summed E-state index contributed by atoms with van der Waals surface area (Å²) in [6.07, 6.45) is 3.01. The van der Waals surface area contributed by atoms with Gasteiger partial charge in [-0.25, -0.2) is 4.79 Å². The molecule has 3 amide bonds. The zero-order valence-electron chi connectivity index (χ0n) is 18.7. The number of hydrogen-bond donors (Lipinski definition) is 1. The highest BCUT2D eigenvalue weighted by Crippen LogP contribution is 2.36. The minimum absolute atomic E-state index is 0.0454. The molecule has 0 aliphatic carbocycles. The van der Waals surface area contributed by atoms with Gasteiger partial charge in [0.05, 0.1) is 6.61 Å². The maximum atomic E-state index is 12.7. The molecule has 0 radical (unpaired) electrons. The van der Waals surface area contributed by atoms with E-state index in [2.05, 4.69) is 19.2 Å². The molecule has 166 valence electrons. The fourth-order valence-electron chi connectivity index (χ4n) is 4.71. The molecule has 6 nitrogen and oxygen atoms in total. The summed E-state index contributed by atoms with van der Waals surface area (Å²) < 4.78 is 6.09. The molecular formula is C24H37N3O3. The number of rotatable bonds is 7. The highest BCUT2D eigenvalue weighted by molar-refractivity contribution is 5.74. The smallest absolute Gasteiger partial charge is 0.317 e. The van der Waals surface area contributed by atoms with Crippen molar-refractivity contribution in [2.45, 2.75) is 40.0 Å². The quantitative estimate of drug-likeness (QED) is 0.740. The summed E-state index contributed by atoms with van der Waals surface area (Å²) in [5, 5.41) is 3.09. The van der Waals surface area contributed by atoms with Crippen LogP contribution in [0.25, 0.3) is 0 Å². The van der Waals surface area contributed by atoms with Crippen LogP contribution in [0, 0.1) is 23.7 Å². The van der Waals surface area contributed by atoms with Gasteiger partial charge in [0.15, 0.2) is 0 Å². The Balaban J connectivity index is 1.60. The second kappa shape index (κ2) is 10.7. The molecule has 1 aromatic carbocycles. The van der Waals surface area contributed by atoms with E-state index in [1.54, 1.807) is 6.92 Å². The molecule has 2 aliphatic heterocycles. The minimum atomic E-state index is 0.0454. The third-order valence-corrected chi connectivity index (χ3v) is 6.57. The Morgan fingerprint density at radius 1 is 1.10 bits per heavy atom. The van der Waals surface area contributed by atoms with Gasteiger partial charge in [-0.3, -0.25) is 4.79 Å². The van der Waals surface area contributed by atoms with Gasteiger partial charge in [0.25, 0.3) is 0 Å². The molecule has 2 unspecified atom stereocenters. The standard InChI is InChI=1S/C24H37N3O3/c1-18(2)9-12-25-24(29)27-15-21(17-30-22-7-5-4-6-8-22)23(16-27)20-10-13-26(14-11-20)19(3)28/h4-8,18,20-21,23H,9-17H2,1-3H3,(H,25,29). The first-order chi connectivity index (χ1) is 14.4. The summed E-state index contributed by atoms with van der Waals surface area (Å²) >= 11 is 0. The van der Waals surface area contributed by atoms with Crippen molar-refractivity contribution >= 4 is 11.9 Å². The average molecular weight is 416 g/mol. The largest absolute Gasteiger partial charge is 0.493 e. The van der Waals surface area contributed by atoms with E-state index >= 15 is 0 Å². The first-order valence-corrected chi connectivity index (χ1v) is 11.4. The van der Waals surface area contributed by atoms with E-state index in [-0.39, 0.29) is 11.9 Å². The third-order valence-electron chi connectivity index (χ3n) is 6.57. The summed E-state index contributed by atoms with van der Waals surface area (Å²) in [6, 6.07) is 9.94. The van der Waals surface area contributed by atoms with Crippen molar-refractivity contribution < 1.29 is 14.3 Å². The molecule has 2 fully saturated rings. The molecule has 0 saturated carbocycles. The normalized spacial score (nSPS) is 22.4. The third kappa shape index (κ3) is 6.13. The second-order valence-electron chi connectivity index (χ2n) is 9.21. The number of urea groups is 1. The van der Waals surface area contributed by atoms with E-state index in [1.807, 2.05) is 40.1 Å². The Kier molecular flexibility index (Phi) is 8.00. The van der Waals surface area contributed by atoms with Gasteiger partial charge in [0, 0.05) is 45.6 Å². The van der Waals surface area contributed by atoms with Crippen LogP contribution in [0.2, 0.25) is 0 Å². The van der Waals surface area contributed by atoms with Crippen LogP contribution in [0.3, 0.4) is 0 Å². The SMILES string of the molecule is CC(=O)N1CCC(C2CN(C(=O)NCCC(C)C)CC2COc2ccccc2)CC1. The average Bonchev–Trinajstić information content (AvgIpc) is 3.17. The lowest BCUT2D eigenvalue weighted by Crippen LogP contribution is -2.41. The number of carbonyl (C=O) groups is 2. The van der Waals surface area contributed by atoms with Crippen molar-refractivity contribution in [1.82, 2.24) is 15.1 Å². The zero-order valence-corrected chi connectivity index (χ0v) is 18.7. The predicted octanol–water partition coefficient (Wildman–Crippen LogP) is 3.63. The van der Waals surface area contributed by atoms with Gasteiger partial charge in [-0.1, -0.05) is 32.0 Å². The highest BCUT2D eigenvalue weighted by atomic mass is 16.5. The second-order valence-corrected chi connectivity index (χ2v) is 9.21. The van der Waals surface area contributed by atoms with Gasteiger partial charge in [-0.2, -0.15) is 0 Å². The molecule has 2 atom stereocenters. The Hall–Kier alpha value is -2.24. The van der Waals surface area contributed by atoms with Crippen LogP contribution in [0.1, 0.15) is 40.0 Å². The fraction of sp³-hybridized carbons (Fsp3) is 0.667. The number of likely N-dealkylation sites (tertiary alicyclic amines) is 2. The van der Waals surface area contributed by atoms with Crippen LogP contribution >= 0.6 is 0 Å². The van der Waals surface area contributed by atoms with E-state index in [0.29, 0.717) is 30.3 Å². The monoisotopic (exact) mass is 415 g/mol. The van der Waals surface area contributed by atoms with Crippen molar-refractivity contribution in [2.75, 3.05) is 39.3 Å². The van der Waals surface area contributed by atoms with Crippen molar-refractivity contribution in [3.05, 3.63) is 30.3 Å². The molecule has 1 N–H and O–H groups in total. The van der Waals surface area contributed by atoms with Crippen LogP contribution in [0.4, 0.5) is 4.79 Å². The van der Waals surface area contributed by atoms with Gasteiger partial charge < -0.3 is 19.9 Å². The van der Waals surface area contributed by atoms with Crippen molar-refractivity contribution in [1.29, 1.82) is 0 Å². The van der Waals surface area contributed by atoms with Gasteiger partial charge in [0.1, 0.15) is 5.75 Å². The Bertz CT molecular complexity index is 686. The number of amides is 3. The van der Waals surface area contributed by atoms with Crippen molar-refractivity contribution in [3.63, 3.8) is 0 Å². The molecule has 0 bridgehead atoms. The molecule has 2 saturated heterocycles. The lowest BCUT2D eigenvalue weighted by Gasteiger charge is -2.36. The summed E-state index contributed by atoms with van der Waals surface area (Å²) in [5.41, 5.74) is 0. The number of para-hydroxylation sites is 1. The zero-order chi connectivity index (χ0) is 21.5. The molecule has 3 rings (SSSR count). The van der Waals surface area contributed by atoms with E-state index in [0.717, 1.165) is 57.7 Å². The van der Waals surface area contributed by atoms with E-state index in [1.165, 1.54) is 0 Å². The van der Waals surface area contributed by atoms with Crippen molar-refractivity contribution in [3.8, 4) is 5.75 Å². The summed E-state index contributed by atoms with van der Waals surface area (Å²) in [6.45, 7) is 10.5.